The van der Waals surface area contributed by atoms with Crippen LogP contribution in [0.25, 0.3) is 30.8 Å². The summed E-state index contributed by atoms with van der Waals surface area (Å²) in [5.74, 6) is -12.5. The fourth-order valence-electron chi connectivity index (χ4n) is 7.83. The van der Waals surface area contributed by atoms with Gasteiger partial charge in [-0.25, -0.2) is 59.4 Å². The highest BCUT2D eigenvalue weighted by Crippen LogP contribution is 2.32. The molecule has 440 valence electrons. The standard InChI is InChI=1S/C21H19ClF2N4O3S.C16H11ClF2N2O4S2.C16H11ClF2N2O3S/c1-28-6-4-11(5-7-28)19(29)27-20(30)17-13(23)2-3-15(18(17)24)31-10-16-26-14-8-12(22)9-25-21(14)32-16;1-27(23,24)21-16(22)14-9(18)3-4-11(15(14)19)25-7-13-20-10-6-8(17)2-5-12(10)26-13;17-8-1-3-10-12(5-8)25-13(21-10)6-24-11-4-2-9(18)14(15(11)19)16(23)20-7-22/h2-3,8-9,11H,4-7,10H2,1H3,(H,27,29,30);2-6H,7H2,1H3,(H,21,22);1-5,22H,6-7H2,(H,20,23). The SMILES string of the molecule is CN1CCC(C(=O)NC(=O)c2c(F)ccc(OCc3nc4cc(Cl)cnc4s3)c2F)CC1.CS(=O)(=O)NC(=O)c1c(F)ccc(OCc2nc3cc(Cl)ccc3s2)c1F.O=C(NCO)c1c(F)ccc(OCc2nc3ccc(Cl)cc3s2)c1F. The summed E-state index contributed by atoms with van der Waals surface area (Å²) >= 11 is 21.6. The van der Waals surface area contributed by atoms with Crippen molar-refractivity contribution < 1.29 is 73.3 Å². The molecule has 1 aliphatic heterocycles. The van der Waals surface area contributed by atoms with E-state index in [0.717, 1.165) is 51.3 Å². The van der Waals surface area contributed by atoms with Crippen molar-refractivity contribution in [1.82, 2.24) is 40.2 Å². The minimum atomic E-state index is -3.98. The number of benzene rings is 5. The van der Waals surface area contributed by atoms with Crippen LogP contribution in [-0.2, 0) is 34.6 Å². The molecule has 1 fully saturated rings. The molecule has 4 aromatic heterocycles. The van der Waals surface area contributed by atoms with E-state index in [2.05, 4.69) is 30.2 Å². The van der Waals surface area contributed by atoms with Gasteiger partial charge in [-0.05, 0) is 112 Å². The molecule has 9 aromatic rings. The average Bonchev–Trinajstić information content (AvgIpc) is 4.24. The van der Waals surface area contributed by atoms with E-state index in [1.165, 1.54) is 44.9 Å². The molecular formula is C53H41Cl3F6N8O10S4. The van der Waals surface area contributed by atoms with Crippen LogP contribution >= 0.6 is 68.8 Å². The molecule has 4 N–H and O–H groups in total. The van der Waals surface area contributed by atoms with Gasteiger partial charge in [0.25, 0.3) is 17.7 Å². The number of pyridine rings is 1. The highest BCUT2D eigenvalue weighted by Gasteiger charge is 2.29. The van der Waals surface area contributed by atoms with Crippen molar-refractivity contribution in [3.63, 3.8) is 0 Å². The number of amides is 4. The number of rotatable bonds is 15. The van der Waals surface area contributed by atoms with E-state index in [-0.39, 0.29) is 37.2 Å². The second-order valence-electron chi connectivity index (χ2n) is 17.9. The van der Waals surface area contributed by atoms with Crippen LogP contribution in [0.2, 0.25) is 15.1 Å². The van der Waals surface area contributed by atoms with Crippen molar-refractivity contribution >= 4 is 133 Å². The van der Waals surface area contributed by atoms with Crippen LogP contribution in [0.1, 0.15) is 58.9 Å². The summed E-state index contributed by atoms with van der Waals surface area (Å²) in [6.45, 7) is 0.388. The topological polar surface area (TPSA) is 241 Å². The molecule has 0 radical (unpaired) electrons. The third-order valence-electron chi connectivity index (χ3n) is 11.8. The number of carbonyl (C=O) groups is 4. The number of carbonyl (C=O) groups excluding carboxylic acids is 4. The van der Waals surface area contributed by atoms with E-state index in [0.29, 0.717) is 78.1 Å². The number of thiazole rings is 3. The van der Waals surface area contributed by atoms with Crippen LogP contribution in [-0.4, -0.2) is 95.1 Å². The largest absolute Gasteiger partial charge is 0.483 e. The molecule has 5 aromatic carbocycles. The van der Waals surface area contributed by atoms with Crippen molar-refractivity contribution in [3.05, 3.63) is 167 Å². The number of aromatic nitrogens is 4. The minimum Gasteiger partial charge on any atom is -0.483 e. The summed E-state index contributed by atoms with van der Waals surface area (Å²) in [4.78, 5) is 68.1. The molecule has 0 unspecified atom stereocenters. The fourth-order valence-corrected chi connectivity index (χ4v) is 11.4. The third-order valence-corrected chi connectivity index (χ3v) is 16.0. The number of ether oxygens (including phenoxy) is 3. The lowest BCUT2D eigenvalue weighted by atomic mass is 9.96. The van der Waals surface area contributed by atoms with Crippen LogP contribution in [0.5, 0.6) is 17.2 Å². The van der Waals surface area contributed by atoms with Gasteiger partial charge in [0.1, 0.15) is 86.1 Å². The first-order valence-electron chi connectivity index (χ1n) is 24.2. The van der Waals surface area contributed by atoms with Crippen LogP contribution in [0.4, 0.5) is 26.3 Å². The van der Waals surface area contributed by atoms with Gasteiger partial charge >= 0.3 is 0 Å². The molecule has 5 heterocycles. The highest BCUT2D eigenvalue weighted by atomic mass is 35.5. The summed E-state index contributed by atoms with van der Waals surface area (Å²) in [6, 6.07) is 17.9. The molecule has 1 aliphatic rings. The van der Waals surface area contributed by atoms with Gasteiger partial charge in [0.05, 0.1) is 31.7 Å². The maximum absolute atomic E-state index is 14.9. The van der Waals surface area contributed by atoms with Gasteiger partial charge in [-0.15, -0.1) is 22.7 Å². The molecule has 0 bridgehead atoms. The molecule has 10 rings (SSSR count). The molecule has 84 heavy (non-hydrogen) atoms. The molecular weight excluding hydrogens is 1260 g/mol. The molecule has 1 saturated heterocycles. The summed E-state index contributed by atoms with van der Waals surface area (Å²) in [5, 5.41) is 15.8. The van der Waals surface area contributed by atoms with E-state index >= 15 is 0 Å². The second-order valence-corrected chi connectivity index (χ2v) is 24.2. The predicted molar refractivity (Wildman–Crippen MR) is 303 cm³/mol. The average molecular weight is 1300 g/mol. The van der Waals surface area contributed by atoms with Gasteiger partial charge in [-0.1, -0.05) is 46.1 Å². The van der Waals surface area contributed by atoms with Crippen molar-refractivity contribution in [3.8, 4) is 17.2 Å². The first kappa shape index (κ1) is 62.8. The molecule has 18 nitrogen and oxygen atoms in total. The number of hydrogen-bond acceptors (Lipinski definition) is 18. The Labute approximate surface area is 499 Å². The van der Waals surface area contributed by atoms with Gasteiger partial charge in [-0.2, -0.15) is 0 Å². The quantitative estimate of drug-likeness (QED) is 0.0424. The van der Waals surface area contributed by atoms with Crippen molar-refractivity contribution in [1.29, 1.82) is 0 Å². The Balaban J connectivity index is 0.000000166. The number of fused-ring (bicyclic) bond motifs is 3. The third kappa shape index (κ3) is 15.9. The Morgan fingerprint density at radius 3 is 1.65 bits per heavy atom. The Morgan fingerprint density at radius 2 is 1.10 bits per heavy atom. The second kappa shape index (κ2) is 27.6. The fraction of sp³-hybridized carbons (Fsp3) is 0.208. The van der Waals surface area contributed by atoms with Crippen LogP contribution in [0.15, 0.2) is 85.1 Å². The minimum absolute atomic E-state index is 0.0550. The van der Waals surface area contributed by atoms with E-state index in [1.54, 1.807) is 42.5 Å². The van der Waals surface area contributed by atoms with E-state index in [1.807, 2.05) is 12.4 Å². The molecule has 4 amide bonds. The molecule has 0 saturated carbocycles. The molecule has 0 spiro atoms. The van der Waals surface area contributed by atoms with Crippen molar-refractivity contribution in [2.75, 3.05) is 33.1 Å². The Hall–Kier alpha value is -7.28. The first-order chi connectivity index (χ1) is 39.9. The Kier molecular flexibility index (Phi) is 20.6. The lowest BCUT2D eigenvalue weighted by Gasteiger charge is -2.27. The zero-order valence-electron chi connectivity index (χ0n) is 43.2. The predicted octanol–water partition coefficient (Wildman–Crippen LogP) is 10.8. The first-order valence-corrected chi connectivity index (χ1v) is 29.7. The number of aliphatic hydroxyl groups excluding tert-OH is 1. The van der Waals surface area contributed by atoms with Crippen LogP contribution in [0, 0.1) is 40.8 Å². The Bertz CT molecular complexity index is 4100. The van der Waals surface area contributed by atoms with E-state index in [9.17, 15) is 53.9 Å². The number of piperidine rings is 1. The molecule has 31 heteroatoms. The monoisotopic (exact) mass is 1300 g/mol. The zero-order valence-corrected chi connectivity index (χ0v) is 48.7. The summed E-state index contributed by atoms with van der Waals surface area (Å²) in [5.41, 5.74) is -0.763. The number of halogens is 9. The Morgan fingerprint density at radius 1 is 0.619 bits per heavy atom. The number of likely N-dealkylation sites (tertiary alicyclic amines) is 1. The normalized spacial score (nSPS) is 12.7. The number of nitrogens with one attached hydrogen (secondary N) is 3. The number of aliphatic hydroxyl groups is 1. The van der Waals surface area contributed by atoms with Gasteiger partial charge in [-0.3, -0.25) is 24.5 Å². The van der Waals surface area contributed by atoms with Crippen molar-refractivity contribution in [2.45, 2.75) is 32.7 Å². The lowest BCUT2D eigenvalue weighted by Crippen LogP contribution is -2.41. The van der Waals surface area contributed by atoms with Gasteiger partial charge in [0.2, 0.25) is 15.9 Å². The van der Waals surface area contributed by atoms with Gasteiger partial charge in [0.15, 0.2) is 34.7 Å². The molecule has 0 aliphatic carbocycles. The van der Waals surface area contributed by atoms with Gasteiger partial charge in [0, 0.05) is 22.2 Å². The van der Waals surface area contributed by atoms with E-state index in [4.69, 9.17) is 54.1 Å². The number of hydrogen-bond donors (Lipinski definition) is 4. The van der Waals surface area contributed by atoms with E-state index < -0.39 is 97.7 Å². The van der Waals surface area contributed by atoms with Crippen LogP contribution < -0.4 is 29.6 Å². The van der Waals surface area contributed by atoms with Gasteiger partial charge < -0.3 is 29.5 Å². The highest BCUT2D eigenvalue weighted by molar-refractivity contribution is 7.89. The van der Waals surface area contributed by atoms with Crippen molar-refractivity contribution in [2.24, 2.45) is 5.92 Å². The zero-order chi connectivity index (χ0) is 60.6. The smallest absolute Gasteiger partial charge is 0.270 e. The molecule has 0 atom stereocenters. The number of sulfonamides is 1. The number of nitrogens with zero attached hydrogens (tertiary/aromatic N) is 5. The maximum atomic E-state index is 14.9. The summed E-state index contributed by atoms with van der Waals surface area (Å²) < 4.78 is 127. The maximum Gasteiger partial charge on any atom is 0.270 e. The van der Waals surface area contributed by atoms with Crippen LogP contribution in [0.3, 0.4) is 0 Å². The summed E-state index contributed by atoms with van der Waals surface area (Å²) in [6.07, 6.45) is 3.34. The summed E-state index contributed by atoms with van der Waals surface area (Å²) in [7, 11) is -2.04. The lowest BCUT2D eigenvalue weighted by molar-refractivity contribution is -0.125. The number of imide groups is 1.